The smallest absolute Gasteiger partial charge is 0.299 e. The number of piperidine rings is 1. The average Bonchev–Trinajstić information content (AvgIpc) is 2.93. The van der Waals surface area contributed by atoms with Gasteiger partial charge in [-0.3, -0.25) is 14.0 Å². The van der Waals surface area contributed by atoms with Crippen molar-refractivity contribution in [1.82, 2.24) is 14.0 Å². The molecule has 28 heavy (non-hydrogen) atoms. The van der Waals surface area contributed by atoms with E-state index in [1.807, 2.05) is 29.8 Å². The van der Waals surface area contributed by atoms with Gasteiger partial charge in [-0.2, -0.15) is 0 Å². The minimum Gasteiger partial charge on any atom is -0.299 e. The maximum Gasteiger partial charge on any atom is 0.328 e. The van der Waals surface area contributed by atoms with Crippen LogP contribution in [0.4, 0.5) is 0 Å². The summed E-state index contributed by atoms with van der Waals surface area (Å²) >= 11 is 0. The predicted octanol–water partition coefficient (Wildman–Crippen LogP) is 4.42. The number of imidazole rings is 1. The third kappa shape index (κ3) is 3.94. The van der Waals surface area contributed by atoms with Gasteiger partial charge in [-0.05, 0) is 25.3 Å². The maximum absolute atomic E-state index is 13.0. The number of halogens is 1. The fraction of sp³-hybridized carbons (Fsp3) is 0.348. The predicted molar refractivity (Wildman–Crippen MR) is 117 cm³/mol. The van der Waals surface area contributed by atoms with E-state index in [-0.39, 0.29) is 24.1 Å². The molecule has 1 fully saturated rings. The van der Waals surface area contributed by atoms with Gasteiger partial charge >= 0.3 is 5.69 Å². The lowest BCUT2D eigenvalue weighted by atomic mass is 10.0. The van der Waals surface area contributed by atoms with E-state index in [1.54, 1.807) is 4.57 Å². The van der Waals surface area contributed by atoms with Crippen molar-refractivity contribution in [3.8, 4) is 11.3 Å². The summed E-state index contributed by atoms with van der Waals surface area (Å²) in [6.07, 6.45) is 2.04. The lowest BCUT2D eigenvalue weighted by molar-refractivity contribution is 0.176. The molecule has 1 aromatic heterocycles. The molecule has 0 N–H and O–H groups in total. The van der Waals surface area contributed by atoms with Crippen LogP contribution in [0.2, 0.25) is 0 Å². The third-order valence-electron chi connectivity index (χ3n) is 5.75. The summed E-state index contributed by atoms with van der Waals surface area (Å²) in [5, 5.41) is 0. The highest BCUT2D eigenvalue weighted by Gasteiger charge is 2.26. The van der Waals surface area contributed by atoms with Gasteiger partial charge in [0.15, 0.2) is 0 Å². The molecule has 1 aliphatic rings. The maximum atomic E-state index is 13.0. The molecule has 0 spiro atoms. The van der Waals surface area contributed by atoms with Crippen LogP contribution in [0.1, 0.15) is 30.1 Å². The van der Waals surface area contributed by atoms with Crippen LogP contribution in [0.3, 0.4) is 0 Å². The highest BCUT2D eigenvalue weighted by molar-refractivity contribution is 5.85. The van der Waals surface area contributed by atoms with Crippen LogP contribution >= 0.6 is 12.4 Å². The normalized spacial score (nSPS) is 15.4. The first-order chi connectivity index (χ1) is 13.1. The first kappa shape index (κ1) is 20.4. The molecule has 1 aliphatic heterocycles. The molecule has 148 valence electrons. The number of likely N-dealkylation sites (tertiary alicyclic amines) is 1. The molecule has 5 heteroatoms. The number of aromatic nitrogens is 2. The van der Waals surface area contributed by atoms with Crippen molar-refractivity contribution in [1.29, 1.82) is 0 Å². The van der Waals surface area contributed by atoms with Crippen molar-refractivity contribution >= 4 is 12.4 Å². The van der Waals surface area contributed by atoms with Crippen molar-refractivity contribution < 1.29 is 0 Å². The Morgan fingerprint density at radius 3 is 2.11 bits per heavy atom. The van der Waals surface area contributed by atoms with E-state index in [4.69, 9.17) is 0 Å². The van der Waals surface area contributed by atoms with Gasteiger partial charge in [0.1, 0.15) is 0 Å². The summed E-state index contributed by atoms with van der Waals surface area (Å²) in [6, 6.07) is 21.1. The van der Waals surface area contributed by atoms with Crippen LogP contribution in [0, 0.1) is 6.92 Å². The largest absolute Gasteiger partial charge is 0.328 e. The van der Waals surface area contributed by atoms with E-state index in [1.165, 1.54) is 5.56 Å². The number of hydrogen-bond donors (Lipinski definition) is 0. The Morgan fingerprint density at radius 2 is 1.50 bits per heavy atom. The third-order valence-corrected chi connectivity index (χ3v) is 5.75. The summed E-state index contributed by atoms with van der Waals surface area (Å²) in [4.78, 5) is 15.5. The molecule has 3 aromatic rings. The van der Waals surface area contributed by atoms with Gasteiger partial charge in [0.2, 0.25) is 0 Å². The van der Waals surface area contributed by atoms with Gasteiger partial charge in [-0.1, -0.05) is 60.7 Å². The van der Waals surface area contributed by atoms with E-state index >= 15 is 0 Å². The highest BCUT2D eigenvalue weighted by atomic mass is 35.5. The van der Waals surface area contributed by atoms with Crippen molar-refractivity contribution in [2.24, 2.45) is 7.05 Å². The summed E-state index contributed by atoms with van der Waals surface area (Å²) < 4.78 is 3.84. The standard InChI is InChI=1S/C23H27N3O.ClH/c1-18-22(20-11-7-4-8-12-20)24(2)23(27)26(18)21-13-15-25(16-14-21)17-19-9-5-3-6-10-19;/h3-12,21H,13-17H2,1-2H3;1H. The quantitative estimate of drug-likeness (QED) is 0.652. The summed E-state index contributed by atoms with van der Waals surface area (Å²) in [7, 11) is 1.89. The Balaban J connectivity index is 0.00000225. The lowest BCUT2D eigenvalue weighted by Crippen LogP contribution is -2.37. The zero-order valence-corrected chi connectivity index (χ0v) is 17.4. The van der Waals surface area contributed by atoms with E-state index < -0.39 is 0 Å². The molecule has 0 bridgehead atoms. The van der Waals surface area contributed by atoms with Crippen LogP contribution in [-0.4, -0.2) is 27.1 Å². The van der Waals surface area contributed by atoms with Crippen LogP contribution in [-0.2, 0) is 13.6 Å². The fourth-order valence-corrected chi connectivity index (χ4v) is 4.36. The zero-order chi connectivity index (χ0) is 18.8. The molecule has 0 aliphatic carbocycles. The van der Waals surface area contributed by atoms with Crippen LogP contribution in [0.25, 0.3) is 11.3 Å². The Kier molecular flexibility index (Phi) is 6.42. The minimum atomic E-state index is 0. The minimum absolute atomic E-state index is 0. The van der Waals surface area contributed by atoms with Gasteiger partial charge < -0.3 is 0 Å². The first-order valence-corrected chi connectivity index (χ1v) is 9.74. The second-order valence-electron chi connectivity index (χ2n) is 7.50. The number of hydrogen-bond acceptors (Lipinski definition) is 2. The fourth-order valence-electron chi connectivity index (χ4n) is 4.36. The second kappa shape index (κ2) is 8.80. The van der Waals surface area contributed by atoms with Crippen molar-refractivity contribution in [3.05, 3.63) is 82.4 Å². The van der Waals surface area contributed by atoms with Gasteiger partial charge in [-0.25, -0.2) is 4.79 Å². The van der Waals surface area contributed by atoms with E-state index in [0.717, 1.165) is 49.4 Å². The molecular weight excluding hydrogens is 370 g/mol. The second-order valence-corrected chi connectivity index (χ2v) is 7.50. The molecule has 2 aromatic carbocycles. The van der Waals surface area contributed by atoms with Crippen LogP contribution < -0.4 is 5.69 Å². The molecule has 0 unspecified atom stereocenters. The molecule has 1 saturated heterocycles. The monoisotopic (exact) mass is 397 g/mol. The van der Waals surface area contributed by atoms with Crippen molar-refractivity contribution in [2.75, 3.05) is 13.1 Å². The Morgan fingerprint density at radius 1 is 0.929 bits per heavy atom. The van der Waals surface area contributed by atoms with Gasteiger partial charge in [0.25, 0.3) is 0 Å². The van der Waals surface area contributed by atoms with Gasteiger partial charge in [0.05, 0.1) is 5.69 Å². The number of rotatable bonds is 4. The molecule has 0 amide bonds. The molecule has 0 saturated carbocycles. The highest BCUT2D eigenvalue weighted by Crippen LogP contribution is 2.28. The molecule has 4 nitrogen and oxygen atoms in total. The summed E-state index contributed by atoms with van der Waals surface area (Å²) in [5.41, 5.74) is 4.68. The topological polar surface area (TPSA) is 30.2 Å². The SMILES string of the molecule is Cc1c(-c2ccccc2)n(C)c(=O)n1C1CCN(Cc2ccccc2)CC1.Cl. The number of benzene rings is 2. The molecule has 0 radical (unpaired) electrons. The molecule has 4 rings (SSSR count). The van der Waals surface area contributed by atoms with Crippen molar-refractivity contribution in [2.45, 2.75) is 32.4 Å². The molecule has 2 heterocycles. The number of nitrogens with zero attached hydrogens (tertiary/aromatic N) is 3. The average molecular weight is 398 g/mol. The Hall–Kier alpha value is -2.30. The van der Waals surface area contributed by atoms with Gasteiger partial charge in [-0.15, -0.1) is 12.4 Å². The van der Waals surface area contributed by atoms with E-state index in [9.17, 15) is 4.79 Å². The van der Waals surface area contributed by atoms with E-state index in [2.05, 4.69) is 54.3 Å². The lowest BCUT2D eigenvalue weighted by Gasteiger charge is -2.32. The zero-order valence-electron chi connectivity index (χ0n) is 16.5. The molecule has 0 atom stereocenters. The first-order valence-electron chi connectivity index (χ1n) is 9.74. The Bertz CT molecular complexity index is 955. The summed E-state index contributed by atoms with van der Waals surface area (Å²) in [5.74, 6) is 0. The van der Waals surface area contributed by atoms with Crippen LogP contribution in [0.15, 0.2) is 65.5 Å². The van der Waals surface area contributed by atoms with Gasteiger partial charge in [0, 0.05) is 44.0 Å². The summed E-state index contributed by atoms with van der Waals surface area (Å²) in [6.45, 7) is 5.13. The molecular formula is C23H28ClN3O. The van der Waals surface area contributed by atoms with Crippen molar-refractivity contribution in [3.63, 3.8) is 0 Å². The van der Waals surface area contributed by atoms with Crippen LogP contribution in [0.5, 0.6) is 0 Å². The Labute approximate surface area is 172 Å². The van der Waals surface area contributed by atoms with E-state index in [0.29, 0.717) is 0 Å².